The second kappa shape index (κ2) is 8.89. The zero-order valence-corrected chi connectivity index (χ0v) is 15.6. The Kier molecular flexibility index (Phi) is 6.53. The average molecular weight is 390 g/mol. The van der Waals surface area contributed by atoms with Crippen molar-refractivity contribution in [2.45, 2.75) is 50.5 Å². The zero-order chi connectivity index (χ0) is 20.3. The van der Waals surface area contributed by atoms with Crippen molar-refractivity contribution in [2.75, 3.05) is 6.61 Å². The molecular weight excluding hydrogens is 364 g/mol. The molecule has 152 valence electrons. The topological polar surface area (TPSA) is 120 Å². The van der Waals surface area contributed by atoms with Crippen molar-refractivity contribution in [3.63, 3.8) is 0 Å². The molecule has 5 atom stereocenters. The summed E-state index contributed by atoms with van der Waals surface area (Å²) in [6.07, 6.45) is -5.38. The molecule has 0 bridgehead atoms. The number of phenolic OH excluding ortho intramolecular Hbond substituents is 1. The van der Waals surface area contributed by atoms with Gasteiger partial charge in [0.2, 0.25) is 6.29 Å². The lowest BCUT2D eigenvalue weighted by Gasteiger charge is -2.39. The highest BCUT2D eigenvalue weighted by molar-refractivity contribution is 5.46. The SMILES string of the molecule is Cc1c(O)cc(CCc2ccccc2)cc1O[C@H]1O[C@H](CO)[C@@H](O)[C@H](O)[C@H]1O. The molecule has 0 aromatic heterocycles. The van der Waals surface area contributed by atoms with Crippen LogP contribution in [0.2, 0.25) is 0 Å². The predicted octanol–water partition coefficient (Wildman–Crippen LogP) is 0.665. The van der Waals surface area contributed by atoms with Crippen LogP contribution in [0.25, 0.3) is 0 Å². The second-order valence-corrected chi connectivity index (χ2v) is 7.04. The fraction of sp³-hybridized carbons (Fsp3) is 0.429. The number of ether oxygens (including phenoxy) is 2. The molecule has 1 fully saturated rings. The summed E-state index contributed by atoms with van der Waals surface area (Å²) in [6, 6.07) is 13.4. The number of aliphatic hydroxyl groups is 4. The van der Waals surface area contributed by atoms with Gasteiger partial charge in [0.25, 0.3) is 0 Å². The van der Waals surface area contributed by atoms with Gasteiger partial charge >= 0.3 is 0 Å². The van der Waals surface area contributed by atoms with E-state index in [0.717, 1.165) is 12.0 Å². The van der Waals surface area contributed by atoms with Gasteiger partial charge in [0, 0.05) is 5.56 Å². The number of aryl methyl sites for hydroxylation is 2. The highest BCUT2D eigenvalue weighted by atomic mass is 16.7. The maximum Gasteiger partial charge on any atom is 0.229 e. The molecule has 28 heavy (non-hydrogen) atoms. The zero-order valence-electron chi connectivity index (χ0n) is 15.6. The standard InChI is InChI=1S/C21H26O7/c1-12-15(23)9-14(8-7-13-5-3-2-4-6-13)10-16(12)27-21-20(26)19(25)18(24)17(11-22)28-21/h2-6,9-10,17-26H,7-8,11H2,1H3/t17-,18-,19+,20-,21+/m1/s1. The third kappa shape index (κ3) is 4.45. The summed E-state index contributed by atoms with van der Waals surface area (Å²) in [5.41, 5.74) is 2.46. The van der Waals surface area contributed by atoms with E-state index in [1.807, 2.05) is 30.3 Å². The number of benzene rings is 2. The van der Waals surface area contributed by atoms with Gasteiger partial charge in [0.1, 0.15) is 35.9 Å². The van der Waals surface area contributed by atoms with Gasteiger partial charge in [-0.25, -0.2) is 0 Å². The molecule has 5 N–H and O–H groups in total. The first-order chi connectivity index (χ1) is 13.4. The normalized spacial score (nSPS) is 27.5. The number of hydrogen-bond donors (Lipinski definition) is 5. The number of aromatic hydroxyl groups is 1. The third-order valence-electron chi connectivity index (χ3n) is 5.03. The first-order valence-corrected chi connectivity index (χ1v) is 9.24. The van der Waals surface area contributed by atoms with Gasteiger partial charge in [-0.15, -0.1) is 0 Å². The van der Waals surface area contributed by atoms with Gasteiger partial charge in [0.05, 0.1) is 6.61 Å². The van der Waals surface area contributed by atoms with E-state index in [-0.39, 0.29) is 5.75 Å². The molecule has 0 radical (unpaired) electrons. The van der Waals surface area contributed by atoms with Crippen LogP contribution in [0.3, 0.4) is 0 Å². The molecule has 0 aliphatic carbocycles. The number of hydrogen-bond acceptors (Lipinski definition) is 7. The molecule has 7 heteroatoms. The average Bonchev–Trinajstić information content (AvgIpc) is 2.71. The molecule has 1 saturated heterocycles. The fourth-order valence-corrected chi connectivity index (χ4v) is 3.22. The highest BCUT2D eigenvalue weighted by Crippen LogP contribution is 2.32. The van der Waals surface area contributed by atoms with Gasteiger partial charge in [-0.05, 0) is 43.0 Å². The molecule has 7 nitrogen and oxygen atoms in total. The van der Waals surface area contributed by atoms with Crippen LogP contribution in [0, 0.1) is 6.92 Å². The van der Waals surface area contributed by atoms with Crippen molar-refractivity contribution in [2.24, 2.45) is 0 Å². The van der Waals surface area contributed by atoms with Crippen molar-refractivity contribution in [3.05, 3.63) is 59.2 Å². The Hall–Kier alpha value is -2.16. The van der Waals surface area contributed by atoms with Crippen LogP contribution in [0.5, 0.6) is 11.5 Å². The monoisotopic (exact) mass is 390 g/mol. The lowest BCUT2D eigenvalue weighted by Crippen LogP contribution is -2.60. The molecule has 3 rings (SSSR count). The predicted molar refractivity (Wildman–Crippen MR) is 101 cm³/mol. The summed E-state index contributed by atoms with van der Waals surface area (Å²) in [7, 11) is 0. The van der Waals surface area contributed by atoms with E-state index in [0.29, 0.717) is 17.7 Å². The lowest BCUT2D eigenvalue weighted by atomic mass is 9.99. The largest absolute Gasteiger partial charge is 0.508 e. The highest BCUT2D eigenvalue weighted by Gasteiger charge is 2.44. The summed E-state index contributed by atoms with van der Waals surface area (Å²) in [5, 5.41) is 49.5. The molecule has 2 aromatic rings. The van der Waals surface area contributed by atoms with Crippen LogP contribution >= 0.6 is 0 Å². The first-order valence-electron chi connectivity index (χ1n) is 9.24. The molecule has 0 saturated carbocycles. The van der Waals surface area contributed by atoms with Crippen molar-refractivity contribution < 1.29 is 35.0 Å². The van der Waals surface area contributed by atoms with E-state index in [1.165, 1.54) is 5.56 Å². The van der Waals surface area contributed by atoms with E-state index in [9.17, 15) is 25.5 Å². The summed E-state index contributed by atoms with van der Waals surface area (Å²) in [5.74, 6) is 0.345. The van der Waals surface area contributed by atoms with Crippen LogP contribution < -0.4 is 4.74 Å². The summed E-state index contributed by atoms with van der Waals surface area (Å²) >= 11 is 0. The van der Waals surface area contributed by atoms with Crippen molar-refractivity contribution in [3.8, 4) is 11.5 Å². The summed E-state index contributed by atoms with van der Waals surface area (Å²) in [6.45, 7) is 1.13. The number of aliphatic hydroxyl groups excluding tert-OH is 4. The summed E-state index contributed by atoms with van der Waals surface area (Å²) in [4.78, 5) is 0. The van der Waals surface area contributed by atoms with Crippen LogP contribution in [-0.4, -0.2) is 62.8 Å². The third-order valence-corrected chi connectivity index (χ3v) is 5.03. The van der Waals surface area contributed by atoms with Crippen molar-refractivity contribution in [1.82, 2.24) is 0 Å². The van der Waals surface area contributed by atoms with Crippen LogP contribution in [-0.2, 0) is 17.6 Å². The van der Waals surface area contributed by atoms with Crippen molar-refractivity contribution in [1.29, 1.82) is 0 Å². The van der Waals surface area contributed by atoms with Gasteiger partial charge in [-0.3, -0.25) is 0 Å². The number of phenols is 1. The van der Waals surface area contributed by atoms with Gasteiger partial charge in [-0.1, -0.05) is 30.3 Å². The fourth-order valence-electron chi connectivity index (χ4n) is 3.22. The van der Waals surface area contributed by atoms with Gasteiger partial charge in [0.15, 0.2) is 0 Å². The maximum atomic E-state index is 10.3. The Morgan fingerprint density at radius 2 is 1.61 bits per heavy atom. The Labute approximate surface area is 163 Å². The smallest absolute Gasteiger partial charge is 0.229 e. The molecule has 0 amide bonds. The van der Waals surface area contributed by atoms with Gasteiger partial charge < -0.3 is 35.0 Å². The minimum absolute atomic E-state index is 0.0464. The lowest BCUT2D eigenvalue weighted by molar-refractivity contribution is -0.277. The quantitative estimate of drug-likeness (QED) is 0.492. The number of rotatable bonds is 6. The molecule has 0 spiro atoms. The van der Waals surface area contributed by atoms with Crippen molar-refractivity contribution >= 4 is 0 Å². The van der Waals surface area contributed by atoms with Crippen LogP contribution in [0.15, 0.2) is 42.5 Å². The Balaban J connectivity index is 1.76. The van der Waals surface area contributed by atoms with Gasteiger partial charge in [-0.2, -0.15) is 0 Å². The minimum atomic E-state index is -1.52. The van der Waals surface area contributed by atoms with E-state index < -0.39 is 37.3 Å². The van der Waals surface area contributed by atoms with E-state index in [4.69, 9.17) is 9.47 Å². The van der Waals surface area contributed by atoms with E-state index in [2.05, 4.69) is 0 Å². The van der Waals surface area contributed by atoms with E-state index in [1.54, 1.807) is 19.1 Å². The van der Waals surface area contributed by atoms with E-state index >= 15 is 0 Å². The minimum Gasteiger partial charge on any atom is -0.508 e. The molecule has 1 heterocycles. The molecule has 1 aliphatic heterocycles. The first kappa shape index (κ1) is 20.6. The molecule has 0 unspecified atom stereocenters. The van der Waals surface area contributed by atoms with Crippen LogP contribution in [0.1, 0.15) is 16.7 Å². The molecule has 2 aromatic carbocycles. The van der Waals surface area contributed by atoms with Crippen LogP contribution in [0.4, 0.5) is 0 Å². The Morgan fingerprint density at radius 1 is 0.929 bits per heavy atom. The summed E-state index contributed by atoms with van der Waals surface area (Å²) < 4.78 is 11.1. The second-order valence-electron chi connectivity index (χ2n) is 7.04. The molecular formula is C21H26O7. The Bertz CT molecular complexity index is 778. The Morgan fingerprint density at radius 3 is 2.29 bits per heavy atom. The molecule has 1 aliphatic rings. The maximum absolute atomic E-state index is 10.3.